The van der Waals surface area contributed by atoms with Crippen molar-refractivity contribution in [1.29, 1.82) is 0 Å². The molecule has 0 unspecified atom stereocenters. The van der Waals surface area contributed by atoms with E-state index < -0.39 is 0 Å². The Morgan fingerprint density at radius 1 is 1.32 bits per heavy atom. The fraction of sp³-hybridized carbons (Fsp3) is 0.300. The van der Waals surface area contributed by atoms with Crippen LogP contribution in [0.3, 0.4) is 0 Å². The third-order valence-electron chi connectivity index (χ3n) is 4.89. The van der Waals surface area contributed by atoms with E-state index in [0.29, 0.717) is 37.8 Å². The molecule has 1 aliphatic rings. The number of nitrogens with zero attached hydrogens (tertiary/aromatic N) is 4. The largest absolute Gasteiger partial charge is 0.355 e. The van der Waals surface area contributed by atoms with Gasteiger partial charge in [0.15, 0.2) is 5.13 Å². The number of amides is 1. The normalized spacial score (nSPS) is 15.9. The minimum absolute atomic E-state index is 0.157. The Hall–Kier alpha value is -2.69. The average molecular weight is 454 g/mol. The summed E-state index contributed by atoms with van der Waals surface area (Å²) in [5.41, 5.74) is 7.87. The number of aryl methyl sites for hydroxylation is 2. The molecule has 2 radical (unpaired) electrons. The van der Waals surface area contributed by atoms with Gasteiger partial charge in [0.2, 0.25) is 0 Å². The molecule has 1 amide bonds. The Morgan fingerprint density at radius 2 is 2.13 bits per heavy atom. The number of thiazole rings is 1. The van der Waals surface area contributed by atoms with Crippen LogP contribution in [0.5, 0.6) is 0 Å². The zero-order valence-electron chi connectivity index (χ0n) is 17.1. The van der Waals surface area contributed by atoms with Crippen molar-refractivity contribution in [2.24, 2.45) is 5.73 Å². The van der Waals surface area contributed by atoms with Gasteiger partial charge in [-0.05, 0) is 31.9 Å². The van der Waals surface area contributed by atoms with E-state index in [-0.39, 0.29) is 11.9 Å². The lowest BCUT2D eigenvalue weighted by atomic mass is 9.94. The fourth-order valence-electron chi connectivity index (χ4n) is 3.42. The molecule has 0 bridgehead atoms. The fourth-order valence-corrected chi connectivity index (χ4v) is 4.46. The molecule has 3 aromatic rings. The molecule has 1 aromatic carbocycles. The Labute approximate surface area is 190 Å². The molecule has 2 aromatic heterocycles. The molecule has 0 aliphatic carbocycles. The lowest BCUT2D eigenvalue weighted by Crippen LogP contribution is -2.27. The summed E-state index contributed by atoms with van der Waals surface area (Å²) in [6.07, 6.45) is 2.45. The Balaban J connectivity index is 1.48. The van der Waals surface area contributed by atoms with Crippen molar-refractivity contribution in [1.82, 2.24) is 15.0 Å². The molecule has 3 heterocycles. The van der Waals surface area contributed by atoms with E-state index in [1.54, 1.807) is 12.1 Å². The lowest BCUT2D eigenvalue weighted by Gasteiger charge is -2.18. The Bertz CT molecular complexity index is 1120. The number of aromatic nitrogens is 3. The van der Waals surface area contributed by atoms with Crippen molar-refractivity contribution in [3.05, 3.63) is 45.7 Å². The maximum absolute atomic E-state index is 12.7. The molecule has 1 saturated heterocycles. The predicted octanol–water partition coefficient (Wildman–Crippen LogP) is 2.53. The lowest BCUT2D eigenvalue weighted by molar-refractivity contribution is 0.103. The van der Waals surface area contributed by atoms with Crippen LogP contribution in [0.1, 0.15) is 27.5 Å². The van der Waals surface area contributed by atoms with Crippen LogP contribution in [0.2, 0.25) is 5.02 Å². The topological polar surface area (TPSA) is 109 Å². The SMILES string of the molecule is [B]c1cc(C)c(NC(=O)c2cnc(Nc3cc(N4CC[C@H](N)C4)nc(C)n3)s2)c(Cl)c1. The second kappa shape index (κ2) is 8.82. The van der Waals surface area contributed by atoms with Crippen molar-refractivity contribution in [2.45, 2.75) is 26.3 Å². The van der Waals surface area contributed by atoms with E-state index in [4.69, 9.17) is 25.2 Å². The van der Waals surface area contributed by atoms with E-state index >= 15 is 0 Å². The molecule has 0 spiro atoms. The van der Waals surface area contributed by atoms with E-state index in [1.165, 1.54) is 17.5 Å². The molecule has 4 rings (SSSR count). The van der Waals surface area contributed by atoms with Gasteiger partial charge in [-0.1, -0.05) is 34.5 Å². The molecular formula is C20H21BClN7OS. The first-order valence-corrected chi connectivity index (χ1v) is 10.9. The molecule has 4 N–H and O–H groups in total. The summed E-state index contributed by atoms with van der Waals surface area (Å²) in [6, 6.07) is 5.38. The van der Waals surface area contributed by atoms with Crippen LogP contribution in [0.4, 0.5) is 22.5 Å². The summed E-state index contributed by atoms with van der Waals surface area (Å²) in [4.78, 5) is 28.5. The van der Waals surface area contributed by atoms with Gasteiger partial charge in [-0.3, -0.25) is 4.79 Å². The van der Waals surface area contributed by atoms with Crippen LogP contribution in [-0.2, 0) is 0 Å². The van der Waals surface area contributed by atoms with Crippen molar-refractivity contribution in [3.63, 3.8) is 0 Å². The number of hydrogen-bond acceptors (Lipinski definition) is 8. The summed E-state index contributed by atoms with van der Waals surface area (Å²) in [6.45, 7) is 5.31. The van der Waals surface area contributed by atoms with Crippen molar-refractivity contribution >= 4 is 64.6 Å². The number of rotatable bonds is 5. The Morgan fingerprint density at radius 3 is 2.84 bits per heavy atom. The first kappa shape index (κ1) is 21.5. The van der Waals surface area contributed by atoms with Gasteiger partial charge in [0.1, 0.15) is 30.2 Å². The van der Waals surface area contributed by atoms with Crippen molar-refractivity contribution in [2.75, 3.05) is 28.6 Å². The maximum Gasteiger partial charge on any atom is 0.267 e. The van der Waals surface area contributed by atoms with Crippen LogP contribution in [0, 0.1) is 13.8 Å². The number of carbonyl (C=O) groups is 1. The minimum atomic E-state index is -0.300. The van der Waals surface area contributed by atoms with Gasteiger partial charge in [-0.2, -0.15) is 0 Å². The summed E-state index contributed by atoms with van der Waals surface area (Å²) >= 11 is 7.44. The number of anilines is 4. The third kappa shape index (κ3) is 4.98. The van der Waals surface area contributed by atoms with Gasteiger partial charge in [0.25, 0.3) is 5.91 Å². The molecule has 11 heteroatoms. The number of nitrogens with two attached hydrogens (primary N) is 1. The van der Waals surface area contributed by atoms with Gasteiger partial charge in [-0.15, -0.1) is 0 Å². The third-order valence-corrected chi connectivity index (χ3v) is 6.10. The highest BCUT2D eigenvalue weighted by Crippen LogP contribution is 2.28. The summed E-state index contributed by atoms with van der Waals surface area (Å²) in [7, 11) is 5.78. The molecule has 158 valence electrons. The quantitative estimate of drug-likeness (QED) is 0.509. The Kier molecular flexibility index (Phi) is 6.13. The van der Waals surface area contributed by atoms with E-state index in [0.717, 1.165) is 30.9 Å². The second-order valence-corrected chi connectivity index (χ2v) is 8.89. The molecule has 1 atom stereocenters. The van der Waals surface area contributed by atoms with Gasteiger partial charge < -0.3 is 21.3 Å². The van der Waals surface area contributed by atoms with Crippen LogP contribution in [0.25, 0.3) is 0 Å². The van der Waals surface area contributed by atoms with Crippen LogP contribution < -0.4 is 26.7 Å². The standard InChI is InChI=1S/C20H21BClN7OS/c1-10-5-12(21)6-14(22)18(10)28-19(30)15-8-24-20(31-15)27-16-7-17(26-11(2)25-16)29-4-3-13(23)9-29/h5-8,13H,3-4,9,23H2,1-2H3,(H,28,30)(H,24,25,26,27)/t13-/m0/s1. The highest BCUT2D eigenvalue weighted by molar-refractivity contribution is 7.17. The highest BCUT2D eigenvalue weighted by Gasteiger charge is 2.21. The van der Waals surface area contributed by atoms with Crippen molar-refractivity contribution in [3.8, 4) is 0 Å². The number of carbonyl (C=O) groups excluding carboxylic acids is 1. The first-order valence-electron chi connectivity index (χ1n) is 9.74. The zero-order chi connectivity index (χ0) is 22.1. The van der Waals surface area contributed by atoms with E-state index in [9.17, 15) is 4.79 Å². The monoisotopic (exact) mass is 453 g/mol. The second-order valence-electron chi connectivity index (χ2n) is 7.46. The molecule has 1 aliphatic heterocycles. The van der Waals surface area contributed by atoms with Gasteiger partial charge >= 0.3 is 0 Å². The number of hydrogen-bond donors (Lipinski definition) is 3. The average Bonchev–Trinajstić information content (AvgIpc) is 3.33. The molecular weight excluding hydrogens is 433 g/mol. The summed E-state index contributed by atoms with van der Waals surface area (Å²) < 4.78 is 0. The predicted molar refractivity (Wildman–Crippen MR) is 127 cm³/mol. The van der Waals surface area contributed by atoms with Gasteiger partial charge in [-0.25, -0.2) is 15.0 Å². The van der Waals surface area contributed by atoms with Crippen LogP contribution in [0.15, 0.2) is 24.4 Å². The molecule has 0 saturated carbocycles. The highest BCUT2D eigenvalue weighted by atomic mass is 35.5. The molecule has 1 fully saturated rings. The van der Waals surface area contributed by atoms with E-state index in [2.05, 4.69) is 30.5 Å². The van der Waals surface area contributed by atoms with Crippen molar-refractivity contribution < 1.29 is 4.79 Å². The molecule has 31 heavy (non-hydrogen) atoms. The first-order chi connectivity index (χ1) is 14.8. The van der Waals surface area contributed by atoms with Crippen LogP contribution >= 0.6 is 22.9 Å². The zero-order valence-corrected chi connectivity index (χ0v) is 18.7. The van der Waals surface area contributed by atoms with Crippen LogP contribution in [-0.4, -0.2) is 47.8 Å². The molecule has 8 nitrogen and oxygen atoms in total. The summed E-state index contributed by atoms with van der Waals surface area (Å²) in [5.74, 6) is 1.78. The maximum atomic E-state index is 12.7. The number of nitrogens with one attached hydrogen (secondary N) is 2. The summed E-state index contributed by atoms with van der Waals surface area (Å²) in [5, 5.41) is 6.93. The van der Waals surface area contributed by atoms with Gasteiger partial charge in [0.05, 0.1) is 16.9 Å². The smallest absolute Gasteiger partial charge is 0.267 e. The number of halogens is 1. The minimum Gasteiger partial charge on any atom is -0.355 e. The van der Waals surface area contributed by atoms with E-state index in [1.807, 2.05) is 19.9 Å². The van der Waals surface area contributed by atoms with Gasteiger partial charge in [0, 0.05) is 25.2 Å². The number of benzene rings is 1.